The van der Waals surface area contributed by atoms with Crippen molar-refractivity contribution in [2.45, 2.75) is 50.8 Å². The third-order valence-corrected chi connectivity index (χ3v) is 4.49. The summed E-state index contributed by atoms with van der Waals surface area (Å²) in [5.41, 5.74) is -0.0146. The van der Waals surface area contributed by atoms with Crippen LogP contribution in [0.2, 0.25) is 0 Å². The van der Waals surface area contributed by atoms with Gasteiger partial charge in [-0.2, -0.15) is 0 Å². The molecule has 1 unspecified atom stereocenters. The average molecular weight is 321 g/mol. The predicted octanol–water partition coefficient (Wildman–Crippen LogP) is 2.40. The van der Waals surface area contributed by atoms with Crippen LogP contribution in [0.3, 0.4) is 0 Å². The van der Waals surface area contributed by atoms with Crippen LogP contribution in [-0.2, 0) is 16.1 Å². The van der Waals surface area contributed by atoms with Crippen molar-refractivity contribution < 1.29 is 24.5 Å². The van der Waals surface area contributed by atoms with Gasteiger partial charge in [0.05, 0.1) is 12.1 Å². The molecule has 0 heterocycles. The normalized spacial score (nSPS) is 17.5. The molecule has 0 radical (unpaired) electrons. The molecule has 1 aliphatic carbocycles. The zero-order valence-electron chi connectivity index (χ0n) is 13.3. The van der Waals surface area contributed by atoms with Gasteiger partial charge in [-0.1, -0.05) is 43.2 Å². The van der Waals surface area contributed by atoms with E-state index >= 15 is 0 Å². The van der Waals surface area contributed by atoms with Crippen LogP contribution in [0, 0.1) is 0 Å². The summed E-state index contributed by atoms with van der Waals surface area (Å²) >= 11 is 0. The molecule has 0 aromatic heterocycles. The van der Waals surface area contributed by atoms with Gasteiger partial charge in [0.25, 0.3) is 0 Å². The summed E-state index contributed by atoms with van der Waals surface area (Å²) in [6.45, 7) is 1.26. The first kappa shape index (κ1) is 17.3. The number of benzene rings is 1. The molecule has 1 saturated carbocycles. The second kappa shape index (κ2) is 7.46. The molecule has 2 N–H and O–H groups in total. The second-order valence-corrected chi connectivity index (χ2v) is 6.01. The van der Waals surface area contributed by atoms with Crippen LogP contribution in [0.25, 0.3) is 0 Å². The first-order valence-electron chi connectivity index (χ1n) is 7.84. The highest BCUT2D eigenvalue weighted by Crippen LogP contribution is 2.37. The van der Waals surface area contributed by atoms with Gasteiger partial charge in [-0.25, -0.2) is 9.59 Å². The molecule has 2 rings (SSSR count). The smallest absolute Gasteiger partial charge is 0.411 e. The van der Waals surface area contributed by atoms with Crippen LogP contribution in [0.15, 0.2) is 30.3 Å². The van der Waals surface area contributed by atoms with E-state index in [1.54, 1.807) is 0 Å². The topological polar surface area (TPSA) is 87.1 Å². The van der Waals surface area contributed by atoms with E-state index in [1.807, 2.05) is 30.3 Å². The van der Waals surface area contributed by atoms with Gasteiger partial charge in [0.1, 0.15) is 12.6 Å². The minimum atomic E-state index is -1.11. The highest BCUT2D eigenvalue weighted by molar-refractivity contribution is 5.80. The number of nitrogens with zero attached hydrogens (tertiary/aromatic N) is 1. The maximum absolute atomic E-state index is 12.5. The number of aliphatic carboxylic acids is 1. The molecule has 0 bridgehead atoms. The molecule has 126 valence electrons. The first-order chi connectivity index (χ1) is 11.0. The third-order valence-electron chi connectivity index (χ3n) is 4.49. The van der Waals surface area contributed by atoms with Gasteiger partial charge in [-0.05, 0) is 25.3 Å². The highest BCUT2D eigenvalue weighted by Gasteiger charge is 2.46. The molecule has 6 heteroatoms. The van der Waals surface area contributed by atoms with E-state index in [1.165, 1.54) is 11.8 Å². The number of carboxylic acid groups (broad SMARTS) is 1. The van der Waals surface area contributed by atoms with Gasteiger partial charge < -0.3 is 14.9 Å². The number of aliphatic hydroxyl groups excluding tert-OH is 1. The Labute approximate surface area is 135 Å². The van der Waals surface area contributed by atoms with Crippen LogP contribution < -0.4 is 0 Å². The van der Waals surface area contributed by atoms with E-state index in [0.717, 1.165) is 18.4 Å². The quantitative estimate of drug-likeness (QED) is 0.840. The fourth-order valence-electron chi connectivity index (χ4n) is 3.17. The van der Waals surface area contributed by atoms with Crippen LogP contribution >= 0.6 is 0 Å². The number of carboxylic acids is 1. The van der Waals surface area contributed by atoms with Crippen molar-refractivity contribution in [3.63, 3.8) is 0 Å². The number of rotatable bonds is 6. The number of hydrogen-bond acceptors (Lipinski definition) is 4. The van der Waals surface area contributed by atoms with Crippen molar-refractivity contribution in [1.82, 2.24) is 4.90 Å². The minimum absolute atomic E-state index is 0.0734. The summed E-state index contributed by atoms with van der Waals surface area (Å²) < 4.78 is 5.31. The molecule has 1 aromatic carbocycles. The molecule has 0 saturated heterocycles. The fraction of sp³-hybridized carbons (Fsp3) is 0.529. The molecule has 1 fully saturated rings. The molecule has 1 atom stereocenters. The van der Waals surface area contributed by atoms with Crippen molar-refractivity contribution in [3.8, 4) is 0 Å². The number of carbonyl (C=O) groups is 2. The Hall–Kier alpha value is -2.08. The van der Waals surface area contributed by atoms with E-state index in [4.69, 9.17) is 4.74 Å². The lowest BCUT2D eigenvalue weighted by Crippen LogP contribution is -2.58. The maximum atomic E-state index is 12.5. The summed E-state index contributed by atoms with van der Waals surface area (Å²) in [6.07, 6.45) is 2.19. The third kappa shape index (κ3) is 3.82. The molecular formula is C17H23NO5. The summed E-state index contributed by atoms with van der Waals surface area (Å²) in [5, 5.41) is 19.1. The molecule has 6 nitrogen and oxygen atoms in total. The number of carbonyl (C=O) groups excluding carboxylic acids is 1. The first-order valence-corrected chi connectivity index (χ1v) is 7.84. The summed E-state index contributed by atoms with van der Waals surface area (Å²) in [4.78, 5) is 25.2. The molecule has 1 aliphatic rings. The van der Waals surface area contributed by atoms with E-state index in [-0.39, 0.29) is 13.2 Å². The molecule has 1 aromatic rings. The number of aliphatic hydroxyl groups is 1. The van der Waals surface area contributed by atoms with E-state index in [2.05, 4.69) is 0 Å². The Morgan fingerprint density at radius 1 is 1.26 bits per heavy atom. The SMILES string of the molecule is CC(C(=O)O)N(C(=O)OCc1ccccc1)C1(CO)CCCC1. The standard InChI is InChI=1S/C17H23NO5/c1-13(15(20)21)18(17(12-19)9-5-6-10-17)16(22)23-11-14-7-3-2-4-8-14/h2-4,7-8,13,19H,5-6,9-12H2,1H3,(H,20,21). The Morgan fingerprint density at radius 2 is 1.87 bits per heavy atom. The maximum Gasteiger partial charge on any atom is 0.411 e. The number of amides is 1. The zero-order chi connectivity index (χ0) is 16.9. The number of ether oxygens (including phenoxy) is 1. The summed E-state index contributed by atoms with van der Waals surface area (Å²) in [5.74, 6) is -1.11. The van der Waals surface area contributed by atoms with Gasteiger partial charge in [-0.15, -0.1) is 0 Å². The van der Waals surface area contributed by atoms with Gasteiger partial charge in [-0.3, -0.25) is 4.90 Å². The van der Waals surface area contributed by atoms with Gasteiger partial charge >= 0.3 is 12.1 Å². The average Bonchev–Trinajstić information content (AvgIpc) is 3.03. The highest BCUT2D eigenvalue weighted by atomic mass is 16.6. The molecular weight excluding hydrogens is 298 g/mol. The van der Waals surface area contributed by atoms with Crippen LogP contribution in [0.4, 0.5) is 4.79 Å². The fourth-order valence-corrected chi connectivity index (χ4v) is 3.17. The lowest BCUT2D eigenvalue weighted by atomic mass is 9.94. The van der Waals surface area contributed by atoms with Crippen molar-refractivity contribution in [3.05, 3.63) is 35.9 Å². The van der Waals surface area contributed by atoms with Crippen molar-refractivity contribution in [1.29, 1.82) is 0 Å². The number of hydrogen-bond donors (Lipinski definition) is 2. The molecule has 0 spiro atoms. The zero-order valence-corrected chi connectivity index (χ0v) is 13.3. The van der Waals surface area contributed by atoms with E-state index in [0.29, 0.717) is 12.8 Å². The van der Waals surface area contributed by atoms with Crippen molar-refractivity contribution in [2.24, 2.45) is 0 Å². The second-order valence-electron chi connectivity index (χ2n) is 6.01. The van der Waals surface area contributed by atoms with Crippen LogP contribution in [0.1, 0.15) is 38.2 Å². The van der Waals surface area contributed by atoms with Crippen molar-refractivity contribution >= 4 is 12.1 Å². The lowest BCUT2D eigenvalue weighted by Gasteiger charge is -2.41. The van der Waals surface area contributed by atoms with E-state index in [9.17, 15) is 19.8 Å². The van der Waals surface area contributed by atoms with Gasteiger partial charge in [0, 0.05) is 0 Å². The Balaban J connectivity index is 2.16. The summed E-state index contributed by atoms with van der Waals surface area (Å²) in [7, 11) is 0. The lowest BCUT2D eigenvalue weighted by molar-refractivity contribution is -0.145. The molecule has 23 heavy (non-hydrogen) atoms. The minimum Gasteiger partial charge on any atom is -0.480 e. The Kier molecular flexibility index (Phi) is 5.60. The van der Waals surface area contributed by atoms with Crippen LogP contribution in [-0.4, -0.2) is 45.4 Å². The molecule has 1 amide bonds. The Bertz CT molecular complexity index is 539. The summed E-state index contributed by atoms with van der Waals surface area (Å²) in [6, 6.07) is 8.15. The molecule has 0 aliphatic heterocycles. The van der Waals surface area contributed by atoms with Gasteiger partial charge in [0.2, 0.25) is 0 Å². The predicted molar refractivity (Wildman–Crippen MR) is 83.8 cm³/mol. The van der Waals surface area contributed by atoms with E-state index < -0.39 is 23.6 Å². The van der Waals surface area contributed by atoms with Gasteiger partial charge in [0.15, 0.2) is 0 Å². The Morgan fingerprint density at radius 3 is 2.39 bits per heavy atom. The van der Waals surface area contributed by atoms with Crippen LogP contribution in [0.5, 0.6) is 0 Å². The largest absolute Gasteiger partial charge is 0.480 e. The van der Waals surface area contributed by atoms with Crippen molar-refractivity contribution in [2.75, 3.05) is 6.61 Å². The monoisotopic (exact) mass is 321 g/mol.